The normalized spacial score (nSPS) is 14.1. The molecule has 0 amide bonds. The Labute approximate surface area is 117 Å². The Bertz CT molecular complexity index is 624. The summed E-state index contributed by atoms with van der Waals surface area (Å²) in [5.41, 5.74) is 7.11. The van der Waals surface area contributed by atoms with E-state index in [1.54, 1.807) is 6.20 Å². The lowest BCUT2D eigenvalue weighted by atomic mass is 10.2. The minimum Gasteiger partial charge on any atom is -0.491 e. The number of benzene rings is 1. The van der Waals surface area contributed by atoms with Gasteiger partial charge in [-0.25, -0.2) is 4.98 Å². The van der Waals surface area contributed by atoms with Crippen LogP contribution in [0.4, 0.5) is 11.5 Å². The van der Waals surface area contributed by atoms with E-state index in [4.69, 9.17) is 15.9 Å². The van der Waals surface area contributed by atoms with Crippen LogP contribution in [-0.2, 0) is 0 Å². The maximum absolute atomic E-state index is 7.41. The lowest BCUT2D eigenvalue weighted by Crippen LogP contribution is -2.19. The molecule has 5 heteroatoms. The molecule has 0 spiro atoms. The van der Waals surface area contributed by atoms with Crippen LogP contribution in [0.25, 0.3) is 0 Å². The Morgan fingerprint density at radius 3 is 2.85 bits per heavy atom. The van der Waals surface area contributed by atoms with Crippen molar-refractivity contribution in [3.8, 4) is 5.75 Å². The number of hydrogen-bond donors (Lipinski definition) is 2. The number of nitrogens with one attached hydrogen (secondary N) is 1. The number of anilines is 2. The highest BCUT2D eigenvalue weighted by molar-refractivity contribution is 5.94. The van der Waals surface area contributed by atoms with Gasteiger partial charge in [-0.3, -0.25) is 5.41 Å². The summed E-state index contributed by atoms with van der Waals surface area (Å²) in [5, 5.41) is 7.41. The van der Waals surface area contributed by atoms with Gasteiger partial charge in [0.25, 0.3) is 0 Å². The summed E-state index contributed by atoms with van der Waals surface area (Å²) in [5.74, 6) is 1.75. The Morgan fingerprint density at radius 2 is 2.10 bits per heavy atom. The molecule has 0 fully saturated rings. The number of hydrogen-bond acceptors (Lipinski definition) is 4. The average molecular weight is 268 g/mol. The van der Waals surface area contributed by atoms with Crippen molar-refractivity contribution < 1.29 is 4.74 Å². The van der Waals surface area contributed by atoms with Gasteiger partial charge in [0.2, 0.25) is 0 Å². The first kappa shape index (κ1) is 12.5. The summed E-state index contributed by atoms with van der Waals surface area (Å²) in [4.78, 5) is 6.54. The average Bonchev–Trinajstić information content (AvgIpc) is 2.69. The van der Waals surface area contributed by atoms with Crippen molar-refractivity contribution in [3.63, 3.8) is 0 Å². The van der Waals surface area contributed by atoms with Crippen LogP contribution in [-0.4, -0.2) is 24.0 Å². The van der Waals surface area contributed by atoms with Gasteiger partial charge in [-0.1, -0.05) is 12.1 Å². The summed E-state index contributed by atoms with van der Waals surface area (Å²) in [6.45, 7) is 1.56. The van der Waals surface area contributed by atoms with Gasteiger partial charge in [-0.05, 0) is 30.7 Å². The second-order valence-electron chi connectivity index (χ2n) is 4.64. The van der Waals surface area contributed by atoms with E-state index in [0.29, 0.717) is 12.2 Å². The zero-order chi connectivity index (χ0) is 13.9. The minimum atomic E-state index is 0.0312. The van der Waals surface area contributed by atoms with E-state index in [9.17, 15) is 0 Å². The zero-order valence-corrected chi connectivity index (χ0v) is 11.0. The van der Waals surface area contributed by atoms with Crippen molar-refractivity contribution >= 4 is 17.3 Å². The molecule has 1 aliphatic rings. The number of amidine groups is 1. The first-order valence-electron chi connectivity index (χ1n) is 6.55. The molecule has 0 bridgehead atoms. The molecular weight excluding hydrogens is 252 g/mol. The summed E-state index contributed by atoms with van der Waals surface area (Å²) in [7, 11) is 0. The number of aromatic nitrogens is 1. The van der Waals surface area contributed by atoms with Crippen molar-refractivity contribution in [2.45, 2.75) is 6.42 Å². The van der Waals surface area contributed by atoms with E-state index < -0.39 is 0 Å². The molecule has 3 N–H and O–H groups in total. The van der Waals surface area contributed by atoms with Crippen LogP contribution in [0, 0.1) is 5.41 Å². The molecule has 102 valence electrons. The standard InChI is InChI=1S/C15H16N4O/c16-15(17)11-6-7-14(18-10-11)19-8-3-9-20-13-5-2-1-4-12(13)19/h1-2,4-7,10H,3,8-9H2,(H3,16,17). The molecule has 0 aliphatic carbocycles. The Morgan fingerprint density at radius 1 is 1.25 bits per heavy atom. The fourth-order valence-corrected chi connectivity index (χ4v) is 2.27. The second-order valence-corrected chi connectivity index (χ2v) is 4.64. The van der Waals surface area contributed by atoms with Crippen molar-refractivity contribution in [1.82, 2.24) is 4.98 Å². The number of para-hydroxylation sites is 2. The second kappa shape index (κ2) is 5.21. The number of rotatable bonds is 2. The molecule has 0 saturated carbocycles. The number of nitrogen functional groups attached to an aromatic ring is 1. The number of nitrogens with zero attached hydrogens (tertiary/aromatic N) is 2. The van der Waals surface area contributed by atoms with Gasteiger partial charge < -0.3 is 15.4 Å². The Balaban J connectivity index is 1.98. The quantitative estimate of drug-likeness (QED) is 0.647. The molecule has 0 radical (unpaired) electrons. The maximum Gasteiger partial charge on any atom is 0.142 e. The van der Waals surface area contributed by atoms with Gasteiger partial charge in [0.1, 0.15) is 17.4 Å². The first-order chi connectivity index (χ1) is 9.75. The summed E-state index contributed by atoms with van der Waals surface area (Å²) < 4.78 is 5.74. The lowest BCUT2D eigenvalue weighted by molar-refractivity contribution is 0.322. The van der Waals surface area contributed by atoms with Gasteiger partial charge in [0, 0.05) is 18.3 Å². The number of pyridine rings is 1. The van der Waals surface area contributed by atoms with Crippen molar-refractivity contribution in [2.75, 3.05) is 18.1 Å². The highest BCUT2D eigenvalue weighted by Gasteiger charge is 2.18. The van der Waals surface area contributed by atoms with Crippen LogP contribution in [0.3, 0.4) is 0 Å². The number of ether oxygens (including phenoxy) is 1. The molecule has 0 saturated heterocycles. The fourth-order valence-electron chi connectivity index (χ4n) is 2.27. The highest BCUT2D eigenvalue weighted by atomic mass is 16.5. The molecular formula is C15H16N4O. The molecule has 0 unspecified atom stereocenters. The third-order valence-corrected chi connectivity index (χ3v) is 3.28. The molecule has 2 aromatic rings. The molecule has 1 aromatic carbocycles. The van der Waals surface area contributed by atoms with E-state index in [1.807, 2.05) is 36.4 Å². The molecule has 3 rings (SSSR count). The van der Waals surface area contributed by atoms with Crippen LogP contribution in [0.1, 0.15) is 12.0 Å². The van der Waals surface area contributed by atoms with Crippen LogP contribution in [0.5, 0.6) is 5.75 Å². The number of fused-ring (bicyclic) bond motifs is 1. The van der Waals surface area contributed by atoms with E-state index >= 15 is 0 Å². The van der Waals surface area contributed by atoms with E-state index in [1.165, 1.54) is 0 Å². The maximum atomic E-state index is 7.41. The highest BCUT2D eigenvalue weighted by Crippen LogP contribution is 2.34. The van der Waals surface area contributed by atoms with Crippen molar-refractivity contribution in [2.24, 2.45) is 5.73 Å². The van der Waals surface area contributed by atoms with Gasteiger partial charge in [0.15, 0.2) is 0 Å². The minimum absolute atomic E-state index is 0.0312. The van der Waals surface area contributed by atoms with Crippen LogP contribution >= 0.6 is 0 Å². The lowest BCUT2D eigenvalue weighted by Gasteiger charge is -2.22. The monoisotopic (exact) mass is 268 g/mol. The topological polar surface area (TPSA) is 75.2 Å². The molecule has 2 heterocycles. The van der Waals surface area contributed by atoms with Crippen LogP contribution in [0.15, 0.2) is 42.6 Å². The predicted molar refractivity (Wildman–Crippen MR) is 78.8 cm³/mol. The van der Waals surface area contributed by atoms with Crippen LogP contribution < -0.4 is 15.4 Å². The van der Waals surface area contributed by atoms with Gasteiger partial charge in [0.05, 0.1) is 12.3 Å². The molecule has 5 nitrogen and oxygen atoms in total. The van der Waals surface area contributed by atoms with Gasteiger partial charge in [-0.15, -0.1) is 0 Å². The molecule has 1 aromatic heterocycles. The zero-order valence-electron chi connectivity index (χ0n) is 11.0. The summed E-state index contributed by atoms with van der Waals surface area (Å²) >= 11 is 0. The largest absolute Gasteiger partial charge is 0.491 e. The smallest absolute Gasteiger partial charge is 0.142 e. The Hall–Kier alpha value is -2.56. The number of nitrogens with two attached hydrogens (primary N) is 1. The van der Waals surface area contributed by atoms with E-state index in [2.05, 4.69) is 9.88 Å². The summed E-state index contributed by atoms with van der Waals surface area (Å²) in [6.07, 6.45) is 2.57. The summed E-state index contributed by atoms with van der Waals surface area (Å²) in [6, 6.07) is 11.7. The molecule has 1 aliphatic heterocycles. The Kier molecular flexibility index (Phi) is 3.25. The molecule has 20 heavy (non-hydrogen) atoms. The van der Waals surface area contributed by atoms with Crippen molar-refractivity contribution in [1.29, 1.82) is 5.41 Å². The third-order valence-electron chi connectivity index (χ3n) is 3.28. The third kappa shape index (κ3) is 2.30. The van der Waals surface area contributed by atoms with E-state index in [0.717, 1.165) is 30.2 Å². The van der Waals surface area contributed by atoms with E-state index in [-0.39, 0.29) is 5.84 Å². The first-order valence-corrected chi connectivity index (χ1v) is 6.55. The molecule has 0 atom stereocenters. The van der Waals surface area contributed by atoms with Gasteiger partial charge in [-0.2, -0.15) is 0 Å². The van der Waals surface area contributed by atoms with Crippen molar-refractivity contribution in [3.05, 3.63) is 48.2 Å². The van der Waals surface area contributed by atoms with Gasteiger partial charge >= 0.3 is 0 Å². The SMILES string of the molecule is N=C(N)c1ccc(N2CCCOc3ccccc32)nc1. The predicted octanol–water partition coefficient (Wildman–Crippen LogP) is 2.29. The fraction of sp³-hybridized carbons (Fsp3) is 0.200. The van der Waals surface area contributed by atoms with Crippen LogP contribution in [0.2, 0.25) is 0 Å².